The number of rotatable bonds is 5. The van der Waals surface area contributed by atoms with E-state index in [0.29, 0.717) is 23.6 Å². The van der Waals surface area contributed by atoms with Gasteiger partial charge < -0.3 is 5.32 Å². The molecule has 1 amide bonds. The minimum absolute atomic E-state index is 0.0862. The maximum absolute atomic E-state index is 12.4. The van der Waals surface area contributed by atoms with E-state index in [1.54, 1.807) is 24.4 Å². The fourth-order valence-electron chi connectivity index (χ4n) is 2.99. The summed E-state index contributed by atoms with van der Waals surface area (Å²) in [5.41, 5.74) is 3.26. The smallest absolute Gasteiger partial charge is 0.224 e. The van der Waals surface area contributed by atoms with Gasteiger partial charge >= 0.3 is 0 Å². The number of amides is 1. The van der Waals surface area contributed by atoms with Crippen LogP contribution in [0.1, 0.15) is 12.2 Å². The molecule has 1 N–H and O–H groups in total. The number of carbonyl (C=O) groups is 1. The van der Waals surface area contributed by atoms with Gasteiger partial charge in [0.2, 0.25) is 5.91 Å². The molecule has 0 aliphatic rings. The number of pyridine rings is 1. The minimum atomic E-state index is -0.0862. The predicted octanol–water partition coefficient (Wildman–Crippen LogP) is 4.65. The largest absolute Gasteiger partial charge is 0.326 e. The lowest BCUT2D eigenvalue weighted by atomic mass is 10.2. The van der Waals surface area contributed by atoms with E-state index < -0.39 is 0 Å². The van der Waals surface area contributed by atoms with Gasteiger partial charge in [0, 0.05) is 35.4 Å². The van der Waals surface area contributed by atoms with Crippen molar-refractivity contribution in [3.8, 4) is 5.69 Å². The monoisotopic (exact) mass is 376 g/mol. The van der Waals surface area contributed by atoms with Crippen LogP contribution in [0.3, 0.4) is 0 Å². The molecular formula is C21H17ClN4O. The first kappa shape index (κ1) is 17.2. The Labute approximate surface area is 161 Å². The molecule has 0 spiro atoms. The van der Waals surface area contributed by atoms with E-state index in [4.69, 9.17) is 11.6 Å². The molecule has 27 heavy (non-hydrogen) atoms. The molecule has 0 aliphatic heterocycles. The van der Waals surface area contributed by atoms with Crippen molar-refractivity contribution in [3.63, 3.8) is 0 Å². The van der Waals surface area contributed by atoms with Crippen molar-refractivity contribution in [1.29, 1.82) is 0 Å². The highest BCUT2D eigenvalue weighted by Crippen LogP contribution is 2.21. The van der Waals surface area contributed by atoms with Crippen LogP contribution < -0.4 is 5.32 Å². The number of hydrogen-bond acceptors (Lipinski definition) is 3. The number of para-hydroxylation sites is 1. The zero-order chi connectivity index (χ0) is 18.6. The van der Waals surface area contributed by atoms with Gasteiger partial charge in [0.05, 0.1) is 0 Å². The third-order valence-corrected chi connectivity index (χ3v) is 4.42. The molecule has 0 aliphatic carbocycles. The summed E-state index contributed by atoms with van der Waals surface area (Å²) in [5.74, 6) is 0.716. The number of hydrogen-bond donors (Lipinski definition) is 1. The number of imidazole rings is 1. The zero-order valence-electron chi connectivity index (χ0n) is 14.5. The van der Waals surface area contributed by atoms with Gasteiger partial charge in [-0.1, -0.05) is 35.9 Å². The fraction of sp³-hybridized carbons (Fsp3) is 0.0952. The molecule has 2 heterocycles. The van der Waals surface area contributed by atoms with Crippen LogP contribution in [0, 0.1) is 0 Å². The number of nitrogens with zero attached hydrogens (tertiary/aromatic N) is 3. The lowest BCUT2D eigenvalue weighted by Crippen LogP contribution is -2.13. The quantitative estimate of drug-likeness (QED) is 0.551. The predicted molar refractivity (Wildman–Crippen MR) is 107 cm³/mol. The Hall–Kier alpha value is -3.18. The molecule has 2 aromatic heterocycles. The first-order chi connectivity index (χ1) is 13.2. The van der Waals surface area contributed by atoms with Crippen LogP contribution >= 0.6 is 11.6 Å². The third kappa shape index (κ3) is 3.83. The van der Waals surface area contributed by atoms with Crippen LogP contribution in [0.2, 0.25) is 5.02 Å². The van der Waals surface area contributed by atoms with Crippen LogP contribution in [0.4, 0.5) is 5.69 Å². The van der Waals surface area contributed by atoms with Gasteiger partial charge in [-0.25, -0.2) is 9.97 Å². The number of aromatic nitrogens is 3. The van der Waals surface area contributed by atoms with Crippen molar-refractivity contribution < 1.29 is 4.79 Å². The van der Waals surface area contributed by atoms with Crippen molar-refractivity contribution in [3.05, 3.63) is 83.8 Å². The number of anilines is 1. The van der Waals surface area contributed by atoms with Gasteiger partial charge in [0.15, 0.2) is 5.65 Å². The maximum Gasteiger partial charge on any atom is 0.224 e. The lowest BCUT2D eigenvalue weighted by Gasteiger charge is -2.09. The summed E-state index contributed by atoms with van der Waals surface area (Å²) in [6, 6.07) is 20.8. The SMILES string of the molecule is O=C(CCc1nc2cccnc2n1-c1ccccc1)Nc1cccc(Cl)c1. The van der Waals surface area contributed by atoms with E-state index in [2.05, 4.69) is 15.3 Å². The van der Waals surface area contributed by atoms with Crippen molar-refractivity contribution in [2.45, 2.75) is 12.8 Å². The first-order valence-corrected chi connectivity index (χ1v) is 9.02. The average molecular weight is 377 g/mol. The summed E-state index contributed by atoms with van der Waals surface area (Å²) in [6.45, 7) is 0. The van der Waals surface area contributed by atoms with Crippen LogP contribution in [0.25, 0.3) is 16.9 Å². The molecule has 4 rings (SSSR count). The zero-order valence-corrected chi connectivity index (χ0v) is 15.2. The molecule has 4 aromatic rings. The highest BCUT2D eigenvalue weighted by molar-refractivity contribution is 6.30. The summed E-state index contributed by atoms with van der Waals surface area (Å²) in [4.78, 5) is 21.5. The second-order valence-corrected chi connectivity index (χ2v) is 6.54. The molecule has 6 heteroatoms. The average Bonchev–Trinajstić information content (AvgIpc) is 3.05. The second-order valence-electron chi connectivity index (χ2n) is 6.10. The summed E-state index contributed by atoms with van der Waals surface area (Å²) in [5, 5.41) is 3.46. The molecule has 0 radical (unpaired) electrons. The van der Waals surface area contributed by atoms with Crippen molar-refractivity contribution >= 4 is 34.4 Å². The van der Waals surface area contributed by atoms with E-state index in [1.807, 2.05) is 53.1 Å². The first-order valence-electron chi connectivity index (χ1n) is 8.64. The van der Waals surface area contributed by atoms with E-state index in [0.717, 1.165) is 22.7 Å². The van der Waals surface area contributed by atoms with Crippen LogP contribution in [0.5, 0.6) is 0 Å². The number of fused-ring (bicyclic) bond motifs is 1. The Morgan fingerprint density at radius 2 is 1.89 bits per heavy atom. The van der Waals surface area contributed by atoms with E-state index in [1.165, 1.54) is 0 Å². The Morgan fingerprint density at radius 1 is 1.04 bits per heavy atom. The Bertz CT molecular complexity index is 1090. The number of benzene rings is 2. The Balaban J connectivity index is 1.58. The molecule has 0 fully saturated rings. The molecule has 2 aromatic carbocycles. The normalized spacial score (nSPS) is 10.9. The molecule has 134 valence electrons. The highest BCUT2D eigenvalue weighted by atomic mass is 35.5. The van der Waals surface area contributed by atoms with Crippen molar-refractivity contribution in [1.82, 2.24) is 14.5 Å². The van der Waals surface area contributed by atoms with Gasteiger partial charge in [-0.05, 0) is 42.5 Å². The minimum Gasteiger partial charge on any atom is -0.326 e. The van der Waals surface area contributed by atoms with Gasteiger partial charge in [0.25, 0.3) is 0 Å². The van der Waals surface area contributed by atoms with Crippen LogP contribution in [0.15, 0.2) is 72.9 Å². The summed E-state index contributed by atoms with van der Waals surface area (Å²) < 4.78 is 2.00. The highest BCUT2D eigenvalue weighted by Gasteiger charge is 2.14. The van der Waals surface area contributed by atoms with Gasteiger partial charge in [-0.15, -0.1) is 0 Å². The van der Waals surface area contributed by atoms with E-state index in [9.17, 15) is 4.79 Å². The third-order valence-electron chi connectivity index (χ3n) is 4.18. The number of carbonyl (C=O) groups excluding carboxylic acids is 1. The number of nitrogens with one attached hydrogen (secondary N) is 1. The molecule has 0 unspecified atom stereocenters. The lowest BCUT2D eigenvalue weighted by molar-refractivity contribution is -0.116. The molecule has 0 saturated carbocycles. The van der Waals surface area contributed by atoms with Crippen molar-refractivity contribution in [2.75, 3.05) is 5.32 Å². The molecule has 5 nitrogen and oxygen atoms in total. The fourth-order valence-corrected chi connectivity index (χ4v) is 3.18. The second kappa shape index (κ2) is 7.60. The van der Waals surface area contributed by atoms with E-state index >= 15 is 0 Å². The summed E-state index contributed by atoms with van der Waals surface area (Å²) >= 11 is 5.96. The molecule has 0 bridgehead atoms. The molecule has 0 atom stereocenters. The number of halogens is 1. The van der Waals surface area contributed by atoms with E-state index in [-0.39, 0.29) is 5.91 Å². The summed E-state index contributed by atoms with van der Waals surface area (Å²) in [6.07, 6.45) is 2.55. The summed E-state index contributed by atoms with van der Waals surface area (Å²) in [7, 11) is 0. The Kier molecular flexibility index (Phi) is 4.85. The maximum atomic E-state index is 12.4. The Morgan fingerprint density at radius 3 is 2.70 bits per heavy atom. The topological polar surface area (TPSA) is 59.8 Å². The molecule has 0 saturated heterocycles. The van der Waals surface area contributed by atoms with Crippen molar-refractivity contribution in [2.24, 2.45) is 0 Å². The molecular weight excluding hydrogens is 360 g/mol. The van der Waals surface area contributed by atoms with Crippen LogP contribution in [-0.2, 0) is 11.2 Å². The van der Waals surface area contributed by atoms with Crippen LogP contribution in [-0.4, -0.2) is 20.4 Å². The van der Waals surface area contributed by atoms with Gasteiger partial charge in [-0.3, -0.25) is 9.36 Å². The van der Waals surface area contributed by atoms with Gasteiger partial charge in [-0.2, -0.15) is 0 Å². The number of aryl methyl sites for hydroxylation is 1. The van der Waals surface area contributed by atoms with Gasteiger partial charge in [0.1, 0.15) is 11.3 Å². The standard InChI is InChI=1S/C21H17ClN4O/c22-15-6-4-7-16(14-15)24-20(27)12-11-19-25-18-10-5-13-23-21(18)26(19)17-8-2-1-3-9-17/h1-10,13-14H,11-12H2,(H,24,27).